The van der Waals surface area contributed by atoms with E-state index in [-0.39, 0.29) is 5.82 Å². The van der Waals surface area contributed by atoms with Gasteiger partial charge in [-0.1, -0.05) is 30.0 Å². The van der Waals surface area contributed by atoms with Crippen LogP contribution in [0.1, 0.15) is 18.6 Å². The molecule has 0 heterocycles. The van der Waals surface area contributed by atoms with Crippen LogP contribution in [-0.2, 0) is 0 Å². The number of aliphatic hydroxyl groups excluding tert-OH is 1. The zero-order valence-corrected chi connectivity index (χ0v) is 11.6. The maximum Gasteiger partial charge on any atom is 0.137 e. The molecule has 0 spiro atoms. The van der Waals surface area contributed by atoms with Crippen LogP contribution in [0.2, 0.25) is 0 Å². The number of hydrogen-bond donors (Lipinski definition) is 1. The van der Waals surface area contributed by atoms with Crippen molar-refractivity contribution in [1.29, 1.82) is 0 Å². The predicted molar refractivity (Wildman–Crippen MR) is 74.2 cm³/mol. The number of halogens is 1. The lowest BCUT2D eigenvalue weighted by molar-refractivity contribution is 0.191. The molecule has 1 unspecified atom stereocenters. The van der Waals surface area contributed by atoms with Crippen LogP contribution in [0, 0.1) is 5.82 Å². The average molecular weight is 278 g/mol. The molecule has 0 aromatic heterocycles. The molecule has 0 aliphatic carbocycles. The first kappa shape index (κ1) is 13.9. The molecule has 2 aromatic rings. The maximum atomic E-state index is 13.7. The first-order valence-electron chi connectivity index (χ1n) is 5.91. The van der Waals surface area contributed by atoms with Gasteiger partial charge in [0.2, 0.25) is 0 Å². The van der Waals surface area contributed by atoms with Crippen molar-refractivity contribution < 1.29 is 14.2 Å². The Kier molecular flexibility index (Phi) is 4.45. The van der Waals surface area contributed by atoms with Gasteiger partial charge in [0.15, 0.2) is 0 Å². The summed E-state index contributed by atoms with van der Waals surface area (Å²) in [7, 11) is 1.55. The Hall–Kier alpha value is -1.52. The van der Waals surface area contributed by atoms with Crippen LogP contribution in [0.4, 0.5) is 4.39 Å². The molecule has 100 valence electrons. The molecule has 4 heteroatoms. The molecule has 1 N–H and O–H groups in total. The number of ether oxygens (including phenoxy) is 1. The highest BCUT2D eigenvalue weighted by atomic mass is 32.2. The van der Waals surface area contributed by atoms with Crippen LogP contribution in [0.3, 0.4) is 0 Å². The summed E-state index contributed by atoms with van der Waals surface area (Å²) in [6.45, 7) is 1.67. The van der Waals surface area contributed by atoms with Crippen molar-refractivity contribution in [3.8, 4) is 5.75 Å². The molecule has 2 nitrogen and oxygen atoms in total. The highest BCUT2D eigenvalue weighted by molar-refractivity contribution is 7.99. The smallest absolute Gasteiger partial charge is 0.137 e. The highest BCUT2D eigenvalue weighted by Gasteiger charge is 2.15. The van der Waals surface area contributed by atoms with E-state index in [1.807, 2.05) is 12.1 Å². The van der Waals surface area contributed by atoms with E-state index >= 15 is 0 Å². The molecule has 2 aromatic carbocycles. The summed E-state index contributed by atoms with van der Waals surface area (Å²) < 4.78 is 18.9. The van der Waals surface area contributed by atoms with Crippen molar-refractivity contribution in [1.82, 2.24) is 0 Å². The molecule has 0 aliphatic heterocycles. The summed E-state index contributed by atoms with van der Waals surface area (Å²) >= 11 is 1.28. The summed E-state index contributed by atoms with van der Waals surface area (Å²) in [6, 6.07) is 12.0. The van der Waals surface area contributed by atoms with Crippen molar-refractivity contribution in [2.75, 3.05) is 7.11 Å². The summed E-state index contributed by atoms with van der Waals surface area (Å²) in [5.74, 6) is 0.336. The Morgan fingerprint density at radius 2 is 1.79 bits per heavy atom. The predicted octanol–water partition coefficient (Wildman–Crippen LogP) is 4.04. The van der Waals surface area contributed by atoms with Gasteiger partial charge in [0.05, 0.1) is 13.2 Å². The fraction of sp³-hybridized carbons (Fsp3) is 0.200. The largest absolute Gasteiger partial charge is 0.496 e. The number of methoxy groups -OCH3 is 1. The molecule has 19 heavy (non-hydrogen) atoms. The number of aliphatic hydroxyl groups is 1. The third kappa shape index (κ3) is 3.08. The van der Waals surface area contributed by atoms with Gasteiger partial charge in [0.25, 0.3) is 0 Å². The molecular weight excluding hydrogens is 263 g/mol. The minimum atomic E-state index is -0.676. The molecule has 0 bridgehead atoms. The molecular formula is C15H15FO2S. The fourth-order valence-corrected chi connectivity index (χ4v) is 2.93. The lowest BCUT2D eigenvalue weighted by atomic mass is 10.1. The van der Waals surface area contributed by atoms with E-state index in [4.69, 9.17) is 4.74 Å². The molecule has 0 saturated carbocycles. The van der Waals surface area contributed by atoms with Gasteiger partial charge >= 0.3 is 0 Å². The zero-order valence-electron chi connectivity index (χ0n) is 10.8. The number of rotatable bonds is 4. The van der Waals surface area contributed by atoms with Crippen LogP contribution in [-0.4, -0.2) is 12.2 Å². The topological polar surface area (TPSA) is 29.5 Å². The van der Waals surface area contributed by atoms with E-state index in [9.17, 15) is 9.50 Å². The molecule has 2 rings (SSSR count). The molecule has 0 radical (unpaired) electrons. The Labute approximate surface area is 116 Å². The van der Waals surface area contributed by atoms with Crippen molar-refractivity contribution in [3.63, 3.8) is 0 Å². The van der Waals surface area contributed by atoms with Gasteiger partial charge < -0.3 is 9.84 Å². The molecule has 0 aliphatic rings. The summed E-state index contributed by atoms with van der Waals surface area (Å²) in [5, 5.41) is 9.88. The normalized spacial score (nSPS) is 12.2. The second-order valence-corrected chi connectivity index (χ2v) is 5.16. The third-order valence-electron chi connectivity index (χ3n) is 2.72. The molecule has 1 atom stereocenters. The first-order chi connectivity index (χ1) is 9.13. The van der Waals surface area contributed by atoms with Crippen molar-refractivity contribution in [2.24, 2.45) is 0 Å². The van der Waals surface area contributed by atoms with Crippen molar-refractivity contribution >= 4 is 11.8 Å². The first-order valence-corrected chi connectivity index (χ1v) is 6.72. The quantitative estimate of drug-likeness (QED) is 0.915. The van der Waals surface area contributed by atoms with Crippen molar-refractivity contribution in [3.05, 3.63) is 53.8 Å². The highest BCUT2D eigenvalue weighted by Crippen LogP contribution is 2.38. The number of hydrogen-bond acceptors (Lipinski definition) is 3. The van der Waals surface area contributed by atoms with Crippen LogP contribution < -0.4 is 4.74 Å². The fourth-order valence-electron chi connectivity index (χ4n) is 1.85. The Balaban J connectivity index is 2.43. The van der Waals surface area contributed by atoms with Gasteiger partial charge in [0.1, 0.15) is 11.6 Å². The molecule has 0 amide bonds. The SMILES string of the molecule is COc1cccc(Sc2ccccc2F)c1C(C)O. The lowest BCUT2D eigenvalue weighted by Crippen LogP contribution is -1.99. The molecule has 0 saturated heterocycles. The molecule has 0 fully saturated rings. The van der Waals surface area contributed by atoms with Gasteiger partial charge in [-0.3, -0.25) is 0 Å². The summed E-state index contributed by atoms with van der Waals surface area (Å²) in [4.78, 5) is 1.32. The van der Waals surface area contributed by atoms with E-state index in [0.717, 1.165) is 4.90 Å². The van der Waals surface area contributed by atoms with Crippen LogP contribution >= 0.6 is 11.8 Å². The Bertz CT molecular complexity index is 570. The lowest BCUT2D eigenvalue weighted by Gasteiger charge is -2.15. The third-order valence-corrected chi connectivity index (χ3v) is 3.85. The van der Waals surface area contributed by atoms with Gasteiger partial charge in [0, 0.05) is 15.4 Å². The van der Waals surface area contributed by atoms with Gasteiger partial charge in [-0.2, -0.15) is 0 Å². The number of benzene rings is 2. The van der Waals surface area contributed by atoms with Crippen LogP contribution in [0.25, 0.3) is 0 Å². The van der Waals surface area contributed by atoms with Crippen LogP contribution in [0.5, 0.6) is 5.75 Å². The van der Waals surface area contributed by atoms with E-state index in [0.29, 0.717) is 16.2 Å². The van der Waals surface area contributed by atoms with Gasteiger partial charge in [-0.05, 0) is 31.2 Å². The second-order valence-electron chi connectivity index (χ2n) is 4.08. The van der Waals surface area contributed by atoms with E-state index in [1.54, 1.807) is 38.3 Å². The average Bonchev–Trinajstić information content (AvgIpc) is 2.40. The minimum absolute atomic E-state index is 0.271. The van der Waals surface area contributed by atoms with Crippen LogP contribution in [0.15, 0.2) is 52.3 Å². The summed E-state index contributed by atoms with van der Waals surface area (Å²) in [5.41, 5.74) is 0.679. The Morgan fingerprint density at radius 1 is 1.11 bits per heavy atom. The van der Waals surface area contributed by atoms with Crippen molar-refractivity contribution in [2.45, 2.75) is 22.8 Å². The monoisotopic (exact) mass is 278 g/mol. The maximum absolute atomic E-state index is 13.7. The zero-order chi connectivity index (χ0) is 13.8. The Morgan fingerprint density at radius 3 is 2.42 bits per heavy atom. The standard InChI is InChI=1S/C15H15FO2S/c1-10(17)15-12(18-2)7-5-9-14(15)19-13-8-4-3-6-11(13)16/h3-10,17H,1-2H3. The van der Waals surface area contributed by atoms with E-state index in [2.05, 4.69) is 0 Å². The van der Waals surface area contributed by atoms with E-state index < -0.39 is 6.10 Å². The summed E-state index contributed by atoms with van der Waals surface area (Å²) in [6.07, 6.45) is -0.676. The van der Waals surface area contributed by atoms with E-state index in [1.165, 1.54) is 17.8 Å². The minimum Gasteiger partial charge on any atom is -0.496 e. The van der Waals surface area contributed by atoms with Gasteiger partial charge in [-0.15, -0.1) is 0 Å². The second kappa shape index (κ2) is 6.08. The van der Waals surface area contributed by atoms with Gasteiger partial charge in [-0.25, -0.2) is 4.39 Å².